The Labute approximate surface area is 130 Å². The highest BCUT2D eigenvalue weighted by Crippen LogP contribution is 2.29. The summed E-state index contributed by atoms with van der Waals surface area (Å²) < 4.78 is 5.33. The van der Waals surface area contributed by atoms with Crippen molar-refractivity contribution in [2.24, 2.45) is 11.1 Å². The molecule has 1 saturated heterocycles. The van der Waals surface area contributed by atoms with Crippen LogP contribution in [0.3, 0.4) is 0 Å². The van der Waals surface area contributed by atoms with Gasteiger partial charge in [-0.1, -0.05) is 30.3 Å². The number of halogens is 1. The molecule has 3 rings (SSSR count). The van der Waals surface area contributed by atoms with Crippen molar-refractivity contribution in [3.8, 4) is 11.5 Å². The molecule has 0 amide bonds. The van der Waals surface area contributed by atoms with E-state index in [0.717, 1.165) is 44.0 Å². The maximum Gasteiger partial charge on any atom is 0.257 e. The summed E-state index contributed by atoms with van der Waals surface area (Å²) >= 11 is 0. The van der Waals surface area contributed by atoms with Crippen LogP contribution in [-0.2, 0) is 6.54 Å². The monoisotopic (exact) mass is 308 g/mol. The van der Waals surface area contributed by atoms with Crippen molar-refractivity contribution >= 4 is 12.4 Å². The van der Waals surface area contributed by atoms with E-state index in [1.807, 2.05) is 30.3 Å². The molecule has 1 atom stereocenters. The molecule has 1 aliphatic rings. The zero-order valence-electron chi connectivity index (χ0n) is 12.2. The number of likely N-dealkylation sites (tertiary alicyclic amines) is 1. The van der Waals surface area contributed by atoms with Crippen LogP contribution in [-0.4, -0.2) is 34.7 Å². The highest BCUT2D eigenvalue weighted by atomic mass is 35.5. The van der Waals surface area contributed by atoms with Gasteiger partial charge in [-0.3, -0.25) is 4.90 Å². The van der Waals surface area contributed by atoms with E-state index < -0.39 is 0 Å². The minimum absolute atomic E-state index is 0. The quantitative estimate of drug-likeness (QED) is 0.939. The highest BCUT2D eigenvalue weighted by Gasteiger charge is 2.32. The van der Waals surface area contributed by atoms with Crippen molar-refractivity contribution in [2.45, 2.75) is 19.9 Å². The third-order valence-electron chi connectivity index (χ3n) is 3.98. The van der Waals surface area contributed by atoms with E-state index in [2.05, 4.69) is 22.0 Å². The molecule has 1 fully saturated rings. The van der Waals surface area contributed by atoms with Crippen molar-refractivity contribution in [3.05, 3.63) is 36.2 Å². The van der Waals surface area contributed by atoms with E-state index in [1.165, 1.54) is 0 Å². The van der Waals surface area contributed by atoms with E-state index in [0.29, 0.717) is 5.89 Å². The fourth-order valence-electron chi connectivity index (χ4n) is 2.64. The Morgan fingerprint density at radius 2 is 2.10 bits per heavy atom. The highest BCUT2D eigenvalue weighted by molar-refractivity contribution is 5.85. The molecule has 2 heterocycles. The Morgan fingerprint density at radius 1 is 1.33 bits per heavy atom. The van der Waals surface area contributed by atoms with E-state index in [1.54, 1.807) is 0 Å². The summed E-state index contributed by atoms with van der Waals surface area (Å²) in [4.78, 5) is 6.81. The van der Waals surface area contributed by atoms with Gasteiger partial charge in [0.05, 0.1) is 6.54 Å². The number of rotatable bonds is 4. The SMILES string of the molecule is CC1(CN)CCN(Cc2noc(-c3ccccc3)n2)C1.Cl. The van der Waals surface area contributed by atoms with Crippen molar-refractivity contribution in [1.29, 1.82) is 0 Å². The average Bonchev–Trinajstić information content (AvgIpc) is 3.08. The van der Waals surface area contributed by atoms with Crippen LogP contribution in [0.2, 0.25) is 0 Å². The van der Waals surface area contributed by atoms with Gasteiger partial charge in [0, 0.05) is 12.1 Å². The molecular formula is C15H21ClN4O. The Morgan fingerprint density at radius 3 is 2.76 bits per heavy atom. The molecule has 1 aromatic carbocycles. The van der Waals surface area contributed by atoms with Crippen LogP contribution in [0.4, 0.5) is 0 Å². The Hall–Kier alpha value is -1.43. The summed E-state index contributed by atoms with van der Waals surface area (Å²) in [6.45, 7) is 5.73. The van der Waals surface area contributed by atoms with Crippen LogP contribution in [0.15, 0.2) is 34.9 Å². The second-order valence-electron chi connectivity index (χ2n) is 5.86. The van der Waals surface area contributed by atoms with Gasteiger partial charge in [0.25, 0.3) is 5.89 Å². The predicted molar refractivity (Wildman–Crippen MR) is 84.0 cm³/mol. The summed E-state index contributed by atoms with van der Waals surface area (Å²) in [5.41, 5.74) is 7.01. The summed E-state index contributed by atoms with van der Waals surface area (Å²) in [5, 5.41) is 4.07. The first-order chi connectivity index (χ1) is 9.68. The van der Waals surface area contributed by atoms with Crippen LogP contribution in [0.5, 0.6) is 0 Å². The first kappa shape index (κ1) is 15.9. The lowest BCUT2D eigenvalue weighted by Gasteiger charge is -2.21. The molecule has 0 saturated carbocycles. The third kappa shape index (κ3) is 3.61. The molecule has 0 bridgehead atoms. The number of nitrogens with two attached hydrogens (primary N) is 1. The van der Waals surface area contributed by atoms with Gasteiger partial charge in [-0.15, -0.1) is 12.4 Å². The molecule has 6 heteroatoms. The van der Waals surface area contributed by atoms with Gasteiger partial charge in [0.1, 0.15) is 0 Å². The molecule has 114 valence electrons. The molecule has 1 unspecified atom stereocenters. The van der Waals surface area contributed by atoms with E-state index in [-0.39, 0.29) is 17.8 Å². The summed E-state index contributed by atoms with van der Waals surface area (Å²) in [5.74, 6) is 1.33. The Balaban J connectivity index is 0.00000161. The second-order valence-corrected chi connectivity index (χ2v) is 5.86. The maximum absolute atomic E-state index is 5.83. The fraction of sp³-hybridized carbons (Fsp3) is 0.467. The Bertz CT molecular complexity index is 574. The molecule has 2 N–H and O–H groups in total. The van der Waals surface area contributed by atoms with E-state index in [9.17, 15) is 0 Å². The number of nitrogens with zero attached hydrogens (tertiary/aromatic N) is 3. The fourth-order valence-corrected chi connectivity index (χ4v) is 2.64. The van der Waals surface area contributed by atoms with Gasteiger partial charge in [-0.2, -0.15) is 4.98 Å². The van der Waals surface area contributed by atoms with Gasteiger partial charge in [0.15, 0.2) is 5.82 Å². The molecule has 0 aliphatic carbocycles. The van der Waals surface area contributed by atoms with E-state index >= 15 is 0 Å². The zero-order valence-corrected chi connectivity index (χ0v) is 13.0. The lowest BCUT2D eigenvalue weighted by Crippen LogP contribution is -2.31. The maximum atomic E-state index is 5.83. The molecule has 1 aromatic heterocycles. The molecule has 1 aliphatic heterocycles. The lowest BCUT2D eigenvalue weighted by atomic mass is 9.90. The largest absolute Gasteiger partial charge is 0.334 e. The van der Waals surface area contributed by atoms with Gasteiger partial charge in [0.2, 0.25) is 0 Å². The van der Waals surface area contributed by atoms with Crippen molar-refractivity contribution in [3.63, 3.8) is 0 Å². The molecule has 0 spiro atoms. The van der Waals surface area contributed by atoms with Crippen LogP contribution >= 0.6 is 12.4 Å². The topological polar surface area (TPSA) is 68.2 Å². The number of aromatic nitrogens is 2. The first-order valence-electron chi connectivity index (χ1n) is 6.99. The van der Waals surface area contributed by atoms with Gasteiger partial charge in [-0.25, -0.2) is 0 Å². The lowest BCUT2D eigenvalue weighted by molar-refractivity contribution is 0.265. The summed E-state index contributed by atoms with van der Waals surface area (Å²) in [6, 6.07) is 9.84. The van der Waals surface area contributed by atoms with Crippen LogP contribution in [0.1, 0.15) is 19.2 Å². The smallest absolute Gasteiger partial charge is 0.257 e. The molecule has 2 aromatic rings. The summed E-state index contributed by atoms with van der Waals surface area (Å²) in [7, 11) is 0. The minimum atomic E-state index is 0. The number of hydrogen-bond acceptors (Lipinski definition) is 5. The number of benzene rings is 1. The first-order valence-corrected chi connectivity index (χ1v) is 6.99. The van der Waals surface area contributed by atoms with Crippen molar-refractivity contribution in [2.75, 3.05) is 19.6 Å². The third-order valence-corrected chi connectivity index (χ3v) is 3.98. The van der Waals surface area contributed by atoms with E-state index in [4.69, 9.17) is 10.3 Å². The van der Waals surface area contributed by atoms with Crippen LogP contribution < -0.4 is 5.73 Å². The minimum Gasteiger partial charge on any atom is -0.334 e. The van der Waals surface area contributed by atoms with Crippen molar-refractivity contribution in [1.82, 2.24) is 15.0 Å². The Kier molecular flexibility index (Phi) is 4.98. The van der Waals surface area contributed by atoms with Crippen molar-refractivity contribution < 1.29 is 4.52 Å². The molecule has 21 heavy (non-hydrogen) atoms. The van der Waals surface area contributed by atoms with Gasteiger partial charge >= 0.3 is 0 Å². The van der Waals surface area contributed by atoms with Crippen LogP contribution in [0, 0.1) is 5.41 Å². The summed E-state index contributed by atoms with van der Waals surface area (Å²) in [6.07, 6.45) is 1.13. The standard InChI is InChI=1S/C15H20N4O.ClH/c1-15(10-16)7-8-19(11-15)9-13-17-14(20-18-13)12-5-3-2-4-6-12;/h2-6H,7-11,16H2,1H3;1H. The van der Waals surface area contributed by atoms with Gasteiger partial charge < -0.3 is 10.3 Å². The second kappa shape index (κ2) is 6.56. The molecule has 0 radical (unpaired) electrons. The van der Waals surface area contributed by atoms with Gasteiger partial charge in [-0.05, 0) is 37.1 Å². The predicted octanol–water partition coefficient (Wildman–Crippen LogP) is 2.33. The number of hydrogen-bond donors (Lipinski definition) is 1. The average molecular weight is 309 g/mol. The molecular weight excluding hydrogens is 288 g/mol. The zero-order chi connectivity index (χ0) is 14.0. The van der Waals surface area contributed by atoms with Crippen LogP contribution in [0.25, 0.3) is 11.5 Å². The normalized spacial score (nSPS) is 22.2. The molecule has 5 nitrogen and oxygen atoms in total.